The molecule has 3 heterocycles. The zero-order valence-corrected chi connectivity index (χ0v) is 15.2. The Morgan fingerprint density at radius 3 is 2.76 bits per heavy atom. The highest BCUT2D eigenvalue weighted by molar-refractivity contribution is 5.71. The Morgan fingerprint density at radius 2 is 2.04 bits per heavy atom. The number of benzene rings is 1. The van der Waals surface area contributed by atoms with Gasteiger partial charge in [-0.05, 0) is 68.5 Å². The van der Waals surface area contributed by atoms with Crippen LogP contribution in [0, 0.1) is 19.8 Å². The Bertz CT molecular complexity index is 751. The van der Waals surface area contributed by atoms with Crippen molar-refractivity contribution in [1.82, 2.24) is 15.5 Å². The number of aromatic nitrogens is 2. The molecular weight excluding hydrogens is 312 g/mol. The van der Waals surface area contributed by atoms with Gasteiger partial charge in [-0.25, -0.2) is 0 Å². The molecule has 4 rings (SSSR count). The van der Waals surface area contributed by atoms with Crippen LogP contribution < -0.4 is 10.2 Å². The summed E-state index contributed by atoms with van der Waals surface area (Å²) in [5, 5.41) is 22.9. The Morgan fingerprint density at radius 1 is 1.20 bits per heavy atom. The Labute approximate surface area is 149 Å². The van der Waals surface area contributed by atoms with Gasteiger partial charge >= 0.3 is 0 Å². The smallest absolute Gasteiger partial charge is 0.151 e. The lowest BCUT2D eigenvalue weighted by Crippen LogP contribution is -2.50. The maximum atomic E-state index is 10.3. The molecule has 0 bridgehead atoms. The maximum Gasteiger partial charge on any atom is 0.151 e. The van der Waals surface area contributed by atoms with E-state index in [1.54, 1.807) is 6.07 Å². The van der Waals surface area contributed by atoms with Crippen molar-refractivity contribution in [3.05, 3.63) is 35.4 Å². The molecule has 2 N–H and O–H groups in total. The van der Waals surface area contributed by atoms with Gasteiger partial charge in [0, 0.05) is 24.2 Å². The third-order valence-corrected chi connectivity index (χ3v) is 5.58. The third kappa shape index (κ3) is 2.97. The monoisotopic (exact) mass is 338 g/mol. The normalized spacial score (nSPS) is 25.9. The van der Waals surface area contributed by atoms with Crippen molar-refractivity contribution in [2.45, 2.75) is 45.7 Å². The molecule has 2 aromatic rings. The van der Waals surface area contributed by atoms with Gasteiger partial charge in [0.05, 0.1) is 5.69 Å². The van der Waals surface area contributed by atoms with E-state index in [0.717, 1.165) is 41.3 Å². The number of piperidine rings is 1. The van der Waals surface area contributed by atoms with Crippen LogP contribution in [0.3, 0.4) is 0 Å². The van der Waals surface area contributed by atoms with Crippen molar-refractivity contribution in [1.29, 1.82) is 0 Å². The van der Waals surface area contributed by atoms with E-state index in [9.17, 15) is 5.11 Å². The lowest BCUT2D eigenvalue weighted by Gasteiger charge is -2.35. The van der Waals surface area contributed by atoms with Crippen molar-refractivity contribution in [2.75, 3.05) is 18.0 Å². The van der Waals surface area contributed by atoms with Gasteiger partial charge in [-0.1, -0.05) is 13.0 Å². The van der Waals surface area contributed by atoms with Crippen LogP contribution in [-0.4, -0.2) is 40.5 Å². The van der Waals surface area contributed by atoms with Crippen LogP contribution in [0.15, 0.2) is 24.3 Å². The van der Waals surface area contributed by atoms with Crippen molar-refractivity contribution in [2.24, 2.45) is 5.92 Å². The number of nitrogens with one attached hydrogen (secondary N) is 1. The number of phenolic OH excluding ortho intramolecular Hbond substituents is 1. The number of phenols is 1. The van der Waals surface area contributed by atoms with Crippen LogP contribution in [0.1, 0.15) is 30.9 Å². The summed E-state index contributed by atoms with van der Waals surface area (Å²) in [4.78, 5) is 2.39. The summed E-state index contributed by atoms with van der Waals surface area (Å²) < 4.78 is 0. The van der Waals surface area contributed by atoms with Gasteiger partial charge in [-0.2, -0.15) is 0 Å². The molecule has 1 aromatic heterocycles. The van der Waals surface area contributed by atoms with Gasteiger partial charge in [-0.3, -0.25) is 0 Å². The average Bonchev–Trinajstić information content (AvgIpc) is 2.97. The van der Waals surface area contributed by atoms with Gasteiger partial charge in [0.1, 0.15) is 5.75 Å². The summed E-state index contributed by atoms with van der Waals surface area (Å²) in [6.45, 7) is 8.42. The number of rotatable bonds is 2. The zero-order valence-electron chi connectivity index (χ0n) is 15.2. The topological polar surface area (TPSA) is 61.3 Å². The number of aryl methyl sites for hydroxylation is 2. The largest absolute Gasteiger partial charge is 0.507 e. The molecule has 0 aliphatic carbocycles. The minimum absolute atomic E-state index is 0.270. The van der Waals surface area contributed by atoms with Crippen molar-refractivity contribution >= 4 is 5.82 Å². The molecule has 0 amide bonds. The summed E-state index contributed by atoms with van der Waals surface area (Å²) in [5.41, 5.74) is 3.57. The third-order valence-electron chi connectivity index (χ3n) is 5.58. The van der Waals surface area contributed by atoms with Crippen LogP contribution >= 0.6 is 0 Å². The molecule has 0 spiro atoms. The predicted octanol–water partition coefficient (Wildman–Crippen LogP) is 3.04. The molecule has 0 saturated carbocycles. The van der Waals surface area contributed by atoms with E-state index in [1.807, 2.05) is 26.0 Å². The second kappa shape index (κ2) is 6.30. The van der Waals surface area contributed by atoms with Crippen LogP contribution in [0.5, 0.6) is 5.75 Å². The van der Waals surface area contributed by atoms with Crippen molar-refractivity contribution in [3.8, 4) is 17.0 Å². The summed E-state index contributed by atoms with van der Waals surface area (Å²) in [7, 11) is 0. The molecule has 5 nitrogen and oxygen atoms in total. The molecule has 2 fully saturated rings. The van der Waals surface area contributed by atoms with E-state index in [2.05, 4.69) is 33.4 Å². The average molecular weight is 338 g/mol. The number of hydrogen-bond donors (Lipinski definition) is 2. The molecule has 132 valence electrons. The fourth-order valence-electron chi connectivity index (χ4n) is 4.41. The van der Waals surface area contributed by atoms with Crippen LogP contribution in [0.25, 0.3) is 11.3 Å². The molecule has 2 aliphatic heterocycles. The first kappa shape index (κ1) is 16.3. The van der Waals surface area contributed by atoms with Crippen LogP contribution in [-0.2, 0) is 0 Å². The van der Waals surface area contributed by atoms with Crippen LogP contribution in [0.4, 0.5) is 5.82 Å². The number of fused-ring (bicyclic) bond motifs is 1. The van der Waals surface area contributed by atoms with Crippen LogP contribution in [0.2, 0.25) is 0 Å². The Kier molecular flexibility index (Phi) is 4.12. The lowest BCUT2D eigenvalue weighted by molar-refractivity contribution is 0.310. The second-order valence-corrected chi connectivity index (χ2v) is 7.66. The molecule has 3 atom stereocenters. The maximum absolute atomic E-state index is 10.3. The molecule has 2 saturated heterocycles. The fourth-order valence-corrected chi connectivity index (χ4v) is 4.41. The molecule has 5 heteroatoms. The van der Waals surface area contributed by atoms with Crippen molar-refractivity contribution < 1.29 is 5.11 Å². The minimum Gasteiger partial charge on any atom is -0.507 e. The van der Waals surface area contributed by atoms with E-state index in [1.165, 1.54) is 12.8 Å². The van der Waals surface area contributed by atoms with E-state index in [4.69, 9.17) is 0 Å². The first-order chi connectivity index (χ1) is 12.0. The number of anilines is 1. The summed E-state index contributed by atoms with van der Waals surface area (Å²) in [6.07, 6.45) is 2.37. The zero-order chi connectivity index (χ0) is 17.6. The molecule has 25 heavy (non-hydrogen) atoms. The summed E-state index contributed by atoms with van der Waals surface area (Å²) in [5.74, 6) is 1.91. The van der Waals surface area contributed by atoms with Gasteiger partial charge in [-0.15, -0.1) is 10.2 Å². The van der Waals surface area contributed by atoms with Gasteiger partial charge in [0.2, 0.25) is 0 Å². The van der Waals surface area contributed by atoms with E-state index >= 15 is 0 Å². The summed E-state index contributed by atoms with van der Waals surface area (Å²) in [6, 6.07) is 8.94. The highest BCUT2D eigenvalue weighted by Gasteiger charge is 2.38. The number of nitrogens with zero attached hydrogens (tertiary/aromatic N) is 3. The predicted molar refractivity (Wildman–Crippen MR) is 99.9 cm³/mol. The SMILES string of the molecule is Cc1cc(C)c(-c2ccc(N3CCC4NCC(C)CC43)nn2)c(O)c1. The van der Waals surface area contributed by atoms with Gasteiger partial charge in [0.15, 0.2) is 5.82 Å². The minimum atomic E-state index is 0.270. The van der Waals surface area contributed by atoms with E-state index < -0.39 is 0 Å². The van der Waals surface area contributed by atoms with Gasteiger partial charge < -0.3 is 15.3 Å². The first-order valence-electron chi connectivity index (χ1n) is 9.17. The quantitative estimate of drug-likeness (QED) is 0.881. The van der Waals surface area contributed by atoms with Gasteiger partial charge in [0.25, 0.3) is 0 Å². The second-order valence-electron chi connectivity index (χ2n) is 7.66. The fraction of sp³-hybridized carbons (Fsp3) is 0.500. The standard InChI is InChI=1S/C20H26N4O/c1-12-8-14(3)20(18(25)10-12)16-4-5-19(23-22-16)24-7-6-15-17(24)9-13(2)11-21-15/h4-5,8,10,13,15,17,21,25H,6-7,9,11H2,1-3H3. The van der Waals surface area contributed by atoms with E-state index in [0.29, 0.717) is 18.0 Å². The van der Waals surface area contributed by atoms with E-state index in [-0.39, 0.29) is 5.75 Å². The molecule has 2 aliphatic rings. The number of aromatic hydroxyl groups is 1. The van der Waals surface area contributed by atoms with Crippen molar-refractivity contribution in [3.63, 3.8) is 0 Å². The Hall–Kier alpha value is -2.14. The molecular formula is C20H26N4O. The lowest BCUT2D eigenvalue weighted by atomic mass is 9.92. The summed E-state index contributed by atoms with van der Waals surface area (Å²) >= 11 is 0. The first-order valence-corrected chi connectivity index (χ1v) is 9.17. The Balaban J connectivity index is 1.61. The molecule has 0 radical (unpaired) electrons. The highest BCUT2D eigenvalue weighted by atomic mass is 16.3. The highest BCUT2D eigenvalue weighted by Crippen LogP contribution is 2.34. The number of hydrogen-bond acceptors (Lipinski definition) is 5. The molecule has 3 unspecified atom stereocenters. The molecule has 1 aromatic carbocycles.